The second kappa shape index (κ2) is 10.2. The summed E-state index contributed by atoms with van der Waals surface area (Å²) in [6.07, 6.45) is 0. The minimum Gasteiger partial charge on any atom is -0.468 e. The number of ether oxygens (including phenoxy) is 3. The summed E-state index contributed by atoms with van der Waals surface area (Å²) in [6, 6.07) is 17.3. The molecule has 0 saturated carbocycles. The van der Waals surface area contributed by atoms with Crippen LogP contribution in [0.5, 0.6) is 5.75 Å². The van der Waals surface area contributed by atoms with E-state index in [1.165, 1.54) is 0 Å². The summed E-state index contributed by atoms with van der Waals surface area (Å²) in [4.78, 5) is 15.8. The number of nitrogens with zero attached hydrogens (tertiary/aromatic N) is 4. The van der Waals surface area contributed by atoms with Crippen LogP contribution in [-0.4, -0.2) is 62.2 Å². The zero-order chi connectivity index (χ0) is 26.2. The van der Waals surface area contributed by atoms with Gasteiger partial charge in [-0.25, -0.2) is 9.97 Å². The Hall–Kier alpha value is -3.40. The van der Waals surface area contributed by atoms with Crippen molar-refractivity contribution in [2.45, 2.75) is 32.4 Å². The molecule has 194 valence electrons. The number of aromatic nitrogens is 4. The van der Waals surface area contributed by atoms with Crippen molar-refractivity contribution in [3.63, 3.8) is 0 Å². The number of imidazole rings is 1. The summed E-state index contributed by atoms with van der Waals surface area (Å²) in [5, 5.41) is 2.18. The van der Waals surface area contributed by atoms with Crippen molar-refractivity contribution < 1.29 is 14.2 Å². The smallest absolute Gasteiger partial charge is 0.208 e. The molecule has 0 aliphatic rings. The van der Waals surface area contributed by atoms with Gasteiger partial charge in [-0.3, -0.25) is 4.57 Å². The molecular formula is C28H35N5O3Si. The van der Waals surface area contributed by atoms with E-state index in [0.29, 0.717) is 6.73 Å². The molecule has 0 unspecified atom stereocenters. The lowest BCUT2D eigenvalue weighted by Gasteiger charge is -2.18. The third-order valence-corrected chi connectivity index (χ3v) is 8.11. The van der Waals surface area contributed by atoms with E-state index in [9.17, 15) is 0 Å². The number of H-pyrrole nitrogens is 1. The topological polar surface area (TPSA) is 77.4 Å². The first-order valence-electron chi connectivity index (χ1n) is 12.5. The number of hydrogen-bond donors (Lipinski definition) is 1. The first-order valence-corrected chi connectivity index (χ1v) is 16.3. The molecule has 0 radical (unpaired) electrons. The van der Waals surface area contributed by atoms with E-state index < -0.39 is 8.07 Å². The van der Waals surface area contributed by atoms with Crippen molar-refractivity contribution in [2.24, 2.45) is 0 Å². The Morgan fingerprint density at radius 1 is 1.00 bits per heavy atom. The second-order valence-electron chi connectivity index (χ2n) is 10.7. The minimum atomic E-state index is -1.20. The van der Waals surface area contributed by atoms with Crippen LogP contribution in [0.2, 0.25) is 25.7 Å². The van der Waals surface area contributed by atoms with Gasteiger partial charge in [0.15, 0.2) is 6.79 Å². The third kappa shape index (κ3) is 5.07. The molecule has 37 heavy (non-hydrogen) atoms. The standard InChI is InChI=1S/C28H35N5O3Si/c1-32(2)28-31-25-24(19-11-13-20(14-12-19)36-18-34-3)30-27-23(21-9-7-8-10-22(21)29-27)26(25)33(28)17-35-15-16-37(4,5)6/h7-14H,15-18H2,1-6H3,(H,29,30). The monoisotopic (exact) mass is 517 g/mol. The summed E-state index contributed by atoms with van der Waals surface area (Å²) < 4.78 is 19.1. The summed E-state index contributed by atoms with van der Waals surface area (Å²) in [5.41, 5.74) is 5.53. The Morgan fingerprint density at radius 2 is 1.76 bits per heavy atom. The third-order valence-electron chi connectivity index (χ3n) is 6.41. The molecule has 3 aromatic heterocycles. The van der Waals surface area contributed by atoms with Gasteiger partial charge in [0.25, 0.3) is 0 Å². The van der Waals surface area contributed by atoms with Crippen LogP contribution < -0.4 is 9.64 Å². The molecule has 2 aromatic carbocycles. The van der Waals surface area contributed by atoms with Gasteiger partial charge in [0.05, 0.1) is 10.9 Å². The molecule has 0 aliphatic carbocycles. The molecule has 0 spiro atoms. The minimum absolute atomic E-state index is 0.206. The van der Waals surface area contributed by atoms with Crippen LogP contribution in [0.4, 0.5) is 5.95 Å². The quantitative estimate of drug-likeness (QED) is 0.137. The predicted molar refractivity (Wildman–Crippen MR) is 153 cm³/mol. The van der Waals surface area contributed by atoms with E-state index in [-0.39, 0.29) is 6.79 Å². The Bertz CT molecular complexity index is 1530. The SMILES string of the molecule is COCOc1ccc(-c2nc3[nH]c4ccccc4c3c3c2nc(N(C)C)n3COCC[Si](C)(C)C)cc1. The molecule has 5 aromatic rings. The Balaban J connectivity index is 1.70. The van der Waals surface area contributed by atoms with Crippen molar-refractivity contribution in [1.29, 1.82) is 0 Å². The van der Waals surface area contributed by atoms with Crippen LogP contribution in [-0.2, 0) is 16.2 Å². The molecule has 0 atom stereocenters. The fourth-order valence-electron chi connectivity index (χ4n) is 4.51. The number of aromatic amines is 1. The lowest BCUT2D eigenvalue weighted by molar-refractivity contribution is 0.0511. The van der Waals surface area contributed by atoms with Gasteiger partial charge in [0.2, 0.25) is 5.95 Å². The number of para-hydroxylation sites is 1. The summed E-state index contributed by atoms with van der Waals surface area (Å²) in [5.74, 6) is 1.58. The van der Waals surface area contributed by atoms with E-state index in [0.717, 1.165) is 68.6 Å². The number of anilines is 1. The predicted octanol–water partition coefficient (Wildman–Crippen LogP) is 6.09. The number of benzene rings is 2. The van der Waals surface area contributed by atoms with Gasteiger partial charge in [-0.15, -0.1) is 0 Å². The van der Waals surface area contributed by atoms with Gasteiger partial charge in [0.1, 0.15) is 29.3 Å². The number of hydrogen-bond acceptors (Lipinski definition) is 6. The summed E-state index contributed by atoms with van der Waals surface area (Å²) in [7, 11) is 4.44. The van der Waals surface area contributed by atoms with E-state index >= 15 is 0 Å². The van der Waals surface area contributed by atoms with Gasteiger partial charge in [-0.1, -0.05) is 37.8 Å². The molecule has 0 aliphatic heterocycles. The van der Waals surface area contributed by atoms with Crippen molar-refractivity contribution in [3.05, 3.63) is 48.5 Å². The normalized spacial score (nSPS) is 12.2. The van der Waals surface area contributed by atoms with Crippen LogP contribution in [0.15, 0.2) is 48.5 Å². The summed E-state index contributed by atoms with van der Waals surface area (Å²) in [6.45, 7) is 8.47. The maximum Gasteiger partial charge on any atom is 0.208 e. The number of methoxy groups -OCH3 is 1. The van der Waals surface area contributed by atoms with Gasteiger partial charge in [-0.2, -0.15) is 0 Å². The molecular weight excluding hydrogens is 482 g/mol. The average Bonchev–Trinajstić information content (AvgIpc) is 3.43. The van der Waals surface area contributed by atoms with Gasteiger partial charge in [0, 0.05) is 52.4 Å². The Kier molecular flexibility index (Phi) is 6.93. The molecule has 0 bridgehead atoms. The van der Waals surface area contributed by atoms with E-state index in [1.807, 2.05) is 49.3 Å². The lowest BCUT2D eigenvalue weighted by atomic mass is 10.1. The molecule has 0 saturated heterocycles. The molecule has 8 nitrogen and oxygen atoms in total. The molecule has 0 amide bonds. The number of pyridine rings is 1. The van der Waals surface area contributed by atoms with Crippen molar-refractivity contribution in [2.75, 3.05) is 39.5 Å². The summed E-state index contributed by atoms with van der Waals surface area (Å²) >= 11 is 0. The maximum absolute atomic E-state index is 6.26. The van der Waals surface area contributed by atoms with Crippen LogP contribution in [0.3, 0.4) is 0 Å². The number of nitrogens with one attached hydrogen (secondary N) is 1. The second-order valence-corrected chi connectivity index (χ2v) is 16.3. The first kappa shape index (κ1) is 25.3. The van der Waals surface area contributed by atoms with Gasteiger partial charge in [-0.05, 0) is 36.4 Å². The van der Waals surface area contributed by atoms with E-state index in [1.54, 1.807) is 7.11 Å². The highest BCUT2D eigenvalue weighted by Crippen LogP contribution is 2.38. The van der Waals surface area contributed by atoms with Crippen molar-refractivity contribution in [3.8, 4) is 17.0 Å². The van der Waals surface area contributed by atoms with Crippen molar-refractivity contribution >= 4 is 47.0 Å². The molecule has 1 N–H and O–H groups in total. The zero-order valence-corrected chi connectivity index (χ0v) is 23.5. The lowest BCUT2D eigenvalue weighted by Crippen LogP contribution is -2.22. The first-order chi connectivity index (χ1) is 17.8. The van der Waals surface area contributed by atoms with Gasteiger partial charge >= 0.3 is 0 Å². The highest BCUT2D eigenvalue weighted by atomic mass is 28.3. The number of fused-ring (bicyclic) bond motifs is 5. The highest BCUT2D eigenvalue weighted by Gasteiger charge is 2.23. The molecule has 5 rings (SSSR count). The highest BCUT2D eigenvalue weighted by molar-refractivity contribution is 6.76. The van der Waals surface area contributed by atoms with Gasteiger partial charge < -0.3 is 24.1 Å². The van der Waals surface area contributed by atoms with Crippen molar-refractivity contribution in [1.82, 2.24) is 19.5 Å². The van der Waals surface area contributed by atoms with Crippen LogP contribution >= 0.6 is 0 Å². The Labute approximate surface area is 218 Å². The van der Waals surface area contributed by atoms with Crippen LogP contribution in [0.25, 0.3) is 44.2 Å². The molecule has 9 heteroatoms. The van der Waals surface area contributed by atoms with E-state index in [2.05, 4.69) is 47.4 Å². The zero-order valence-electron chi connectivity index (χ0n) is 22.5. The molecule has 0 fully saturated rings. The molecule has 3 heterocycles. The fourth-order valence-corrected chi connectivity index (χ4v) is 5.27. The van der Waals surface area contributed by atoms with Crippen LogP contribution in [0, 0.1) is 0 Å². The average molecular weight is 518 g/mol. The fraction of sp³-hybridized carbons (Fsp3) is 0.357. The Morgan fingerprint density at radius 3 is 2.46 bits per heavy atom. The largest absolute Gasteiger partial charge is 0.468 e. The number of rotatable bonds is 10. The van der Waals surface area contributed by atoms with E-state index in [4.69, 9.17) is 24.2 Å². The van der Waals surface area contributed by atoms with Crippen LogP contribution in [0.1, 0.15) is 0 Å². The maximum atomic E-state index is 6.26.